The summed E-state index contributed by atoms with van der Waals surface area (Å²) in [5.41, 5.74) is 0.830. The first-order valence-electron chi connectivity index (χ1n) is 11.5. The molecule has 0 saturated carbocycles. The second-order valence-electron chi connectivity index (χ2n) is 8.54. The quantitative estimate of drug-likeness (QED) is 0.568. The third kappa shape index (κ3) is 6.10. The van der Waals surface area contributed by atoms with Gasteiger partial charge in [0.2, 0.25) is 15.9 Å². The lowest BCUT2D eigenvalue weighted by Gasteiger charge is -2.35. The number of sulfonamides is 1. The SMILES string of the molecule is O=C(CN1CCN(C(=O)C2CCCO2)CC1)NCc1ccc(S(=O)(=O)N2CCOCC2)cc1. The van der Waals surface area contributed by atoms with Crippen molar-refractivity contribution in [3.63, 3.8) is 0 Å². The third-order valence-corrected chi connectivity index (χ3v) is 8.19. The Morgan fingerprint density at radius 2 is 1.67 bits per heavy atom. The summed E-state index contributed by atoms with van der Waals surface area (Å²) < 4.78 is 37.5. The average Bonchev–Trinajstić information content (AvgIpc) is 3.39. The Labute approximate surface area is 194 Å². The van der Waals surface area contributed by atoms with Crippen LogP contribution in [0, 0.1) is 0 Å². The molecular formula is C22H32N4O6S. The molecule has 3 saturated heterocycles. The van der Waals surface area contributed by atoms with E-state index < -0.39 is 10.0 Å². The van der Waals surface area contributed by atoms with Crippen LogP contribution in [-0.4, -0.2) is 106 Å². The molecule has 1 aromatic rings. The highest BCUT2D eigenvalue weighted by atomic mass is 32.2. The summed E-state index contributed by atoms with van der Waals surface area (Å²) in [6.45, 7) is 5.29. The number of carbonyl (C=O) groups is 2. The Balaban J connectivity index is 1.20. The number of benzene rings is 1. The van der Waals surface area contributed by atoms with Crippen molar-refractivity contribution in [1.82, 2.24) is 19.4 Å². The summed E-state index contributed by atoms with van der Waals surface area (Å²) in [6, 6.07) is 6.61. The van der Waals surface area contributed by atoms with Crippen LogP contribution in [0.5, 0.6) is 0 Å². The number of piperazine rings is 1. The largest absolute Gasteiger partial charge is 0.379 e. The zero-order valence-corrected chi connectivity index (χ0v) is 19.6. The lowest BCUT2D eigenvalue weighted by Crippen LogP contribution is -2.53. The topological polar surface area (TPSA) is 108 Å². The van der Waals surface area contributed by atoms with Gasteiger partial charge in [0, 0.05) is 52.4 Å². The summed E-state index contributed by atoms with van der Waals surface area (Å²) in [7, 11) is -3.52. The van der Waals surface area contributed by atoms with E-state index in [-0.39, 0.29) is 29.4 Å². The molecule has 0 spiro atoms. The van der Waals surface area contributed by atoms with Crippen molar-refractivity contribution in [2.45, 2.75) is 30.4 Å². The van der Waals surface area contributed by atoms with Crippen molar-refractivity contribution >= 4 is 21.8 Å². The van der Waals surface area contributed by atoms with E-state index in [1.165, 1.54) is 4.31 Å². The van der Waals surface area contributed by atoms with Gasteiger partial charge in [0.15, 0.2) is 0 Å². The molecule has 1 atom stereocenters. The predicted octanol–water partition coefficient (Wildman–Crippen LogP) is -0.353. The van der Waals surface area contributed by atoms with Crippen LogP contribution in [0.2, 0.25) is 0 Å². The third-order valence-electron chi connectivity index (χ3n) is 6.28. The Hall–Kier alpha value is -2.05. The van der Waals surface area contributed by atoms with Gasteiger partial charge in [0.1, 0.15) is 6.10 Å². The lowest BCUT2D eigenvalue weighted by atomic mass is 10.2. The summed E-state index contributed by atoms with van der Waals surface area (Å²) in [6.07, 6.45) is 1.43. The van der Waals surface area contributed by atoms with Crippen LogP contribution < -0.4 is 5.32 Å². The molecule has 10 nitrogen and oxygen atoms in total. The molecule has 3 fully saturated rings. The van der Waals surface area contributed by atoms with Crippen LogP contribution in [0.4, 0.5) is 0 Å². The van der Waals surface area contributed by atoms with Gasteiger partial charge < -0.3 is 19.7 Å². The Morgan fingerprint density at radius 1 is 0.970 bits per heavy atom. The maximum Gasteiger partial charge on any atom is 0.251 e. The van der Waals surface area contributed by atoms with Crippen LogP contribution in [0.3, 0.4) is 0 Å². The minimum atomic E-state index is -3.52. The van der Waals surface area contributed by atoms with Gasteiger partial charge in [-0.3, -0.25) is 14.5 Å². The monoisotopic (exact) mass is 480 g/mol. The number of rotatable bonds is 7. The van der Waals surface area contributed by atoms with E-state index >= 15 is 0 Å². The maximum atomic E-state index is 12.7. The van der Waals surface area contributed by atoms with Crippen molar-refractivity contribution < 1.29 is 27.5 Å². The molecule has 3 aliphatic rings. The number of morpholine rings is 1. The molecule has 0 aromatic heterocycles. The summed E-state index contributed by atoms with van der Waals surface area (Å²) in [4.78, 5) is 28.9. The van der Waals surface area contributed by atoms with E-state index in [2.05, 4.69) is 5.32 Å². The number of hydrogen-bond donors (Lipinski definition) is 1. The minimum absolute atomic E-state index is 0.0654. The fourth-order valence-corrected chi connectivity index (χ4v) is 5.69. The number of amides is 2. The second kappa shape index (κ2) is 10.9. The molecule has 3 aliphatic heterocycles. The van der Waals surface area contributed by atoms with Gasteiger partial charge in [-0.2, -0.15) is 4.31 Å². The van der Waals surface area contributed by atoms with E-state index in [1.807, 2.05) is 9.80 Å². The molecule has 1 aromatic carbocycles. The predicted molar refractivity (Wildman–Crippen MR) is 120 cm³/mol. The van der Waals surface area contributed by atoms with E-state index in [4.69, 9.17) is 9.47 Å². The summed E-state index contributed by atoms with van der Waals surface area (Å²) >= 11 is 0. The van der Waals surface area contributed by atoms with Crippen LogP contribution in [-0.2, 0) is 35.6 Å². The standard InChI is InChI=1S/C22H32N4O6S/c27-21(17-24-7-9-25(10-8-24)22(28)20-2-1-13-32-20)23-16-18-3-5-19(6-4-18)33(29,30)26-11-14-31-15-12-26/h3-6,20H,1-2,7-17H2,(H,23,27). The van der Waals surface area contributed by atoms with E-state index in [0.717, 1.165) is 18.4 Å². The Bertz CT molecular complexity index is 919. The zero-order chi connectivity index (χ0) is 23.3. The molecule has 3 heterocycles. The normalized spacial score (nSPS) is 22.9. The number of carbonyl (C=O) groups excluding carboxylic acids is 2. The summed E-state index contributed by atoms with van der Waals surface area (Å²) in [5.74, 6) is -0.0328. The van der Waals surface area contributed by atoms with E-state index in [9.17, 15) is 18.0 Å². The van der Waals surface area contributed by atoms with Gasteiger partial charge in [0.05, 0.1) is 24.7 Å². The molecular weight excluding hydrogens is 448 g/mol. The zero-order valence-electron chi connectivity index (χ0n) is 18.8. The van der Waals surface area contributed by atoms with Gasteiger partial charge in [-0.1, -0.05) is 12.1 Å². The number of nitrogens with zero attached hydrogens (tertiary/aromatic N) is 3. The first-order valence-corrected chi connectivity index (χ1v) is 12.9. The van der Waals surface area contributed by atoms with Crippen LogP contribution >= 0.6 is 0 Å². The Morgan fingerprint density at radius 3 is 2.30 bits per heavy atom. The first kappa shape index (κ1) is 24.1. The second-order valence-corrected chi connectivity index (χ2v) is 10.5. The van der Waals surface area contributed by atoms with E-state index in [0.29, 0.717) is 65.6 Å². The molecule has 33 heavy (non-hydrogen) atoms. The van der Waals surface area contributed by atoms with Crippen molar-refractivity contribution in [3.05, 3.63) is 29.8 Å². The molecule has 1 N–H and O–H groups in total. The maximum absolute atomic E-state index is 12.7. The number of nitrogens with one attached hydrogen (secondary N) is 1. The van der Waals surface area contributed by atoms with Gasteiger partial charge in [0.25, 0.3) is 5.91 Å². The number of ether oxygens (including phenoxy) is 2. The smallest absolute Gasteiger partial charge is 0.251 e. The molecule has 0 aliphatic carbocycles. The molecule has 4 rings (SSSR count). The highest BCUT2D eigenvalue weighted by molar-refractivity contribution is 7.89. The van der Waals surface area contributed by atoms with Gasteiger partial charge in [-0.15, -0.1) is 0 Å². The van der Waals surface area contributed by atoms with Crippen molar-refractivity contribution in [3.8, 4) is 0 Å². The number of hydrogen-bond acceptors (Lipinski definition) is 7. The van der Waals surface area contributed by atoms with Crippen LogP contribution in [0.15, 0.2) is 29.2 Å². The van der Waals surface area contributed by atoms with Crippen LogP contribution in [0.25, 0.3) is 0 Å². The fraction of sp³-hybridized carbons (Fsp3) is 0.636. The molecule has 182 valence electrons. The van der Waals surface area contributed by atoms with Crippen molar-refractivity contribution in [1.29, 1.82) is 0 Å². The molecule has 0 radical (unpaired) electrons. The van der Waals surface area contributed by atoms with Crippen molar-refractivity contribution in [2.24, 2.45) is 0 Å². The van der Waals surface area contributed by atoms with Gasteiger partial charge in [-0.25, -0.2) is 8.42 Å². The highest BCUT2D eigenvalue weighted by Gasteiger charge is 2.30. The molecule has 0 bridgehead atoms. The minimum Gasteiger partial charge on any atom is -0.379 e. The summed E-state index contributed by atoms with van der Waals surface area (Å²) in [5, 5.41) is 2.89. The molecule has 2 amide bonds. The lowest BCUT2D eigenvalue weighted by molar-refractivity contribution is -0.142. The molecule has 1 unspecified atom stereocenters. The molecule has 11 heteroatoms. The van der Waals surface area contributed by atoms with Crippen molar-refractivity contribution in [2.75, 3.05) is 65.6 Å². The van der Waals surface area contributed by atoms with Gasteiger partial charge >= 0.3 is 0 Å². The van der Waals surface area contributed by atoms with E-state index in [1.54, 1.807) is 24.3 Å². The fourth-order valence-electron chi connectivity index (χ4n) is 4.28. The first-order chi connectivity index (χ1) is 15.9. The van der Waals surface area contributed by atoms with Crippen LogP contribution in [0.1, 0.15) is 18.4 Å². The average molecular weight is 481 g/mol. The Kier molecular flexibility index (Phi) is 7.97. The highest BCUT2D eigenvalue weighted by Crippen LogP contribution is 2.18. The van der Waals surface area contributed by atoms with Gasteiger partial charge in [-0.05, 0) is 30.5 Å².